The molecule has 0 saturated carbocycles. The molecule has 1 atom stereocenters. The van der Waals surface area contributed by atoms with E-state index in [1.54, 1.807) is 0 Å². The van der Waals surface area contributed by atoms with Gasteiger partial charge in [0.1, 0.15) is 5.75 Å². The minimum Gasteiger partial charge on any atom is -0.491 e. The molecule has 106 valence electrons. The first kappa shape index (κ1) is 14.0. The maximum absolute atomic E-state index is 12.5. The third-order valence-corrected chi connectivity index (χ3v) is 3.30. The van der Waals surface area contributed by atoms with Crippen LogP contribution in [0.1, 0.15) is 12.0 Å². The minimum atomic E-state index is -4.37. The van der Waals surface area contributed by atoms with E-state index in [4.69, 9.17) is 10.5 Å². The highest BCUT2D eigenvalue weighted by molar-refractivity contribution is 5.54. The van der Waals surface area contributed by atoms with Gasteiger partial charge in [-0.1, -0.05) is 0 Å². The number of nitrogen functional groups attached to an aromatic ring is 1. The summed E-state index contributed by atoms with van der Waals surface area (Å²) in [5.74, 6) is 0.731. The van der Waals surface area contributed by atoms with Gasteiger partial charge in [-0.25, -0.2) is 0 Å². The van der Waals surface area contributed by atoms with Gasteiger partial charge in [0, 0.05) is 12.5 Å². The van der Waals surface area contributed by atoms with E-state index in [9.17, 15) is 13.2 Å². The Morgan fingerprint density at radius 1 is 1.42 bits per heavy atom. The lowest BCUT2D eigenvalue weighted by Crippen LogP contribution is -2.18. The Hall–Kier alpha value is -1.43. The van der Waals surface area contributed by atoms with E-state index >= 15 is 0 Å². The molecule has 0 aliphatic carbocycles. The highest BCUT2D eigenvalue weighted by Gasteiger charge is 2.31. The highest BCUT2D eigenvalue weighted by atomic mass is 19.4. The van der Waals surface area contributed by atoms with E-state index < -0.39 is 11.7 Å². The Kier molecular flexibility index (Phi) is 3.89. The third kappa shape index (κ3) is 3.53. The van der Waals surface area contributed by atoms with Gasteiger partial charge in [-0.3, -0.25) is 0 Å². The molecule has 1 aromatic carbocycles. The molecule has 0 bridgehead atoms. The van der Waals surface area contributed by atoms with Gasteiger partial charge in [-0.05, 0) is 38.2 Å². The molecule has 1 heterocycles. The van der Waals surface area contributed by atoms with E-state index in [0.29, 0.717) is 18.3 Å². The normalized spacial score (nSPS) is 20.7. The number of ether oxygens (including phenoxy) is 1. The molecule has 3 nitrogen and oxygen atoms in total. The van der Waals surface area contributed by atoms with Crippen LogP contribution in [0.25, 0.3) is 0 Å². The molecule has 0 amide bonds. The summed E-state index contributed by atoms with van der Waals surface area (Å²) in [6, 6.07) is 3.19. The van der Waals surface area contributed by atoms with Crippen LogP contribution in [0.3, 0.4) is 0 Å². The van der Waals surface area contributed by atoms with Crippen molar-refractivity contribution in [2.24, 2.45) is 5.92 Å². The van der Waals surface area contributed by atoms with Crippen molar-refractivity contribution in [3.8, 4) is 5.75 Å². The number of rotatable bonds is 3. The molecule has 2 rings (SSSR count). The summed E-state index contributed by atoms with van der Waals surface area (Å²) in [5, 5.41) is 0. The SMILES string of the molecule is CN1CCC(COc2ccc(C(F)(F)F)cc2N)C1. The molecule has 0 spiro atoms. The van der Waals surface area contributed by atoms with Gasteiger partial charge >= 0.3 is 6.18 Å². The van der Waals surface area contributed by atoms with Crippen molar-refractivity contribution in [3.63, 3.8) is 0 Å². The summed E-state index contributed by atoms with van der Waals surface area (Å²) in [7, 11) is 2.03. The monoisotopic (exact) mass is 274 g/mol. The van der Waals surface area contributed by atoms with Gasteiger partial charge in [-0.2, -0.15) is 13.2 Å². The van der Waals surface area contributed by atoms with Crippen LogP contribution >= 0.6 is 0 Å². The summed E-state index contributed by atoms with van der Waals surface area (Å²) >= 11 is 0. The fraction of sp³-hybridized carbons (Fsp3) is 0.538. The first-order valence-corrected chi connectivity index (χ1v) is 6.14. The third-order valence-electron chi connectivity index (χ3n) is 3.30. The number of alkyl halides is 3. The van der Waals surface area contributed by atoms with Crippen molar-refractivity contribution in [2.45, 2.75) is 12.6 Å². The minimum absolute atomic E-state index is 0.0289. The molecule has 0 aromatic heterocycles. The molecule has 1 aromatic rings. The number of hydrogen-bond donors (Lipinski definition) is 1. The van der Waals surface area contributed by atoms with Crippen LogP contribution in [0.5, 0.6) is 5.75 Å². The van der Waals surface area contributed by atoms with Crippen LogP contribution in [-0.4, -0.2) is 31.6 Å². The van der Waals surface area contributed by atoms with Gasteiger partial charge in [0.15, 0.2) is 0 Å². The number of nitrogens with zero attached hydrogens (tertiary/aromatic N) is 1. The molecular formula is C13H17F3N2O. The molecule has 1 saturated heterocycles. The van der Waals surface area contributed by atoms with Gasteiger partial charge < -0.3 is 15.4 Å². The van der Waals surface area contributed by atoms with Crippen LogP contribution in [0.4, 0.5) is 18.9 Å². The van der Waals surface area contributed by atoms with Gasteiger partial charge in [0.25, 0.3) is 0 Å². The zero-order valence-electron chi connectivity index (χ0n) is 10.7. The molecule has 1 aliphatic rings. The maximum Gasteiger partial charge on any atom is 0.416 e. The Morgan fingerprint density at radius 3 is 2.68 bits per heavy atom. The fourth-order valence-electron chi connectivity index (χ4n) is 2.23. The zero-order valence-corrected chi connectivity index (χ0v) is 10.7. The second kappa shape index (κ2) is 5.28. The number of hydrogen-bond acceptors (Lipinski definition) is 3. The molecule has 2 N–H and O–H groups in total. The van der Waals surface area contributed by atoms with Crippen LogP contribution in [0, 0.1) is 5.92 Å². The first-order chi connectivity index (χ1) is 8.86. The van der Waals surface area contributed by atoms with Crippen molar-refractivity contribution < 1.29 is 17.9 Å². The topological polar surface area (TPSA) is 38.5 Å². The maximum atomic E-state index is 12.5. The predicted molar refractivity (Wildman–Crippen MR) is 67.0 cm³/mol. The lowest BCUT2D eigenvalue weighted by molar-refractivity contribution is -0.137. The van der Waals surface area contributed by atoms with Crippen molar-refractivity contribution in [3.05, 3.63) is 23.8 Å². The molecule has 1 aliphatic heterocycles. The molecule has 1 unspecified atom stereocenters. The van der Waals surface area contributed by atoms with Gasteiger partial charge in [0.05, 0.1) is 17.9 Å². The van der Waals surface area contributed by atoms with Crippen molar-refractivity contribution in [1.29, 1.82) is 0 Å². The number of likely N-dealkylation sites (tertiary alicyclic amines) is 1. The average Bonchev–Trinajstić information content (AvgIpc) is 2.72. The van der Waals surface area contributed by atoms with Crippen LogP contribution in [0.15, 0.2) is 18.2 Å². The standard InChI is InChI=1S/C13H17F3N2O/c1-18-5-4-9(7-18)8-19-12-3-2-10(6-11(12)17)13(14,15)16/h2-3,6,9H,4-5,7-8,17H2,1H3. The second-order valence-corrected chi connectivity index (χ2v) is 4.98. The largest absolute Gasteiger partial charge is 0.491 e. The van der Waals surface area contributed by atoms with E-state index in [0.717, 1.165) is 31.6 Å². The van der Waals surface area contributed by atoms with Crippen LogP contribution in [-0.2, 0) is 6.18 Å². The lowest BCUT2D eigenvalue weighted by Gasteiger charge is -2.15. The summed E-state index contributed by atoms with van der Waals surface area (Å²) in [5.41, 5.74) is 4.87. The molecule has 1 fully saturated rings. The van der Waals surface area contributed by atoms with E-state index in [1.165, 1.54) is 6.07 Å². The van der Waals surface area contributed by atoms with E-state index in [2.05, 4.69) is 4.90 Å². The Morgan fingerprint density at radius 2 is 2.16 bits per heavy atom. The Labute approximate surface area is 110 Å². The summed E-state index contributed by atoms with van der Waals surface area (Å²) < 4.78 is 42.9. The number of benzene rings is 1. The summed E-state index contributed by atoms with van der Waals surface area (Å²) in [6.07, 6.45) is -3.34. The number of nitrogens with two attached hydrogens (primary N) is 1. The van der Waals surface area contributed by atoms with Crippen LogP contribution < -0.4 is 10.5 Å². The number of anilines is 1. The van der Waals surface area contributed by atoms with Gasteiger partial charge in [0.2, 0.25) is 0 Å². The fourth-order valence-corrected chi connectivity index (χ4v) is 2.23. The molecular weight excluding hydrogens is 257 g/mol. The molecule has 6 heteroatoms. The van der Waals surface area contributed by atoms with Crippen molar-refractivity contribution >= 4 is 5.69 Å². The van der Waals surface area contributed by atoms with Crippen molar-refractivity contribution in [1.82, 2.24) is 4.90 Å². The van der Waals surface area contributed by atoms with E-state index in [-0.39, 0.29) is 5.69 Å². The summed E-state index contributed by atoms with van der Waals surface area (Å²) in [4.78, 5) is 2.20. The summed E-state index contributed by atoms with van der Waals surface area (Å²) in [6.45, 7) is 2.46. The van der Waals surface area contributed by atoms with Gasteiger partial charge in [-0.15, -0.1) is 0 Å². The first-order valence-electron chi connectivity index (χ1n) is 6.14. The lowest BCUT2D eigenvalue weighted by atomic mass is 10.1. The van der Waals surface area contributed by atoms with E-state index in [1.807, 2.05) is 7.05 Å². The molecule has 0 radical (unpaired) electrons. The van der Waals surface area contributed by atoms with Crippen molar-refractivity contribution in [2.75, 3.05) is 32.5 Å². The second-order valence-electron chi connectivity index (χ2n) is 4.98. The quantitative estimate of drug-likeness (QED) is 0.861. The Bertz CT molecular complexity index is 448. The number of halogens is 3. The predicted octanol–water partition coefficient (Wildman–Crippen LogP) is 2.62. The smallest absolute Gasteiger partial charge is 0.416 e. The van der Waals surface area contributed by atoms with Crippen LogP contribution in [0.2, 0.25) is 0 Å². The molecule has 19 heavy (non-hydrogen) atoms. The zero-order chi connectivity index (χ0) is 14.0. The average molecular weight is 274 g/mol. The Balaban J connectivity index is 1.98. The highest BCUT2D eigenvalue weighted by Crippen LogP contribution is 2.33.